The molecule has 2 heterocycles. The molecule has 0 aliphatic carbocycles. The lowest BCUT2D eigenvalue weighted by atomic mass is 9.83. The van der Waals surface area contributed by atoms with Crippen molar-refractivity contribution in [2.24, 2.45) is 11.3 Å². The van der Waals surface area contributed by atoms with Gasteiger partial charge in [-0.3, -0.25) is 0 Å². The molecule has 5 N–H and O–H groups in total. The zero-order valence-electron chi connectivity index (χ0n) is 11.9. The van der Waals surface area contributed by atoms with Crippen molar-refractivity contribution in [1.29, 1.82) is 0 Å². The minimum atomic E-state index is -0.141. The van der Waals surface area contributed by atoms with Gasteiger partial charge in [0.05, 0.1) is 12.8 Å². The Bertz CT molecular complexity index is 555. The zero-order valence-corrected chi connectivity index (χ0v) is 11.9. The molecule has 0 fully saturated rings. The van der Waals surface area contributed by atoms with E-state index in [1.54, 1.807) is 12.4 Å². The topological polar surface area (TPSA) is 100 Å². The molecule has 110 valence electrons. The Labute approximate surface area is 118 Å². The Morgan fingerprint density at radius 3 is 2.75 bits per heavy atom. The van der Waals surface area contributed by atoms with Gasteiger partial charge in [0.2, 0.25) is 0 Å². The van der Waals surface area contributed by atoms with E-state index >= 15 is 0 Å². The number of rotatable bonds is 7. The van der Waals surface area contributed by atoms with Gasteiger partial charge >= 0.3 is 0 Å². The van der Waals surface area contributed by atoms with Crippen molar-refractivity contribution in [3.05, 3.63) is 18.6 Å². The van der Waals surface area contributed by atoms with Gasteiger partial charge in [-0.2, -0.15) is 0 Å². The van der Waals surface area contributed by atoms with Gasteiger partial charge in [0.1, 0.15) is 0 Å². The SMILES string of the molecule is CCC(CC)(CO)CNc1nc(NN)cn2ccnc12. The second kappa shape index (κ2) is 6.06. The van der Waals surface area contributed by atoms with Crippen molar-refractivity contribution < 1.29 is 5.11 Å². The molecular weight excluding hydrogens is 256 g/mol. The fraction of sp³-hybridized carbons (Fsp3) is 0.538. The predicted octanol–water partition coefficient (Wildman–Crippen LogP) is 1.23. The van der Waals surface area contributed by atoms with Crippen LogP contribution in [0.4, 0.5) is 11.6 Å². The molecule has 7 nitrogen and oxygen atoms in total. The molecule has 2 rings (SSSR count). The molecule has 0 radical (unpaired) electrons. The van der Waals surface area contributed by atoms with E-state index in [0.29, 0.717) is 18.2 Å². The first-order valence-corrected chi connectivity index (χ1v) is 6.83. The van der Waals surface area contributed by atoms with E-state index in [0.717, 1.165) is 18.5 Å². The first-order chi connectivity index (χ1) is 9.68. The smallest absolute Gasteiger partial charge is 0.180 e. The Kier molecular flexibility index (Phi) is 4.41. The molecule has 0 saturated carbocycles. The summed E-state index contributed by atoms with van der Waals surface area (Å²) in [6, 6.07) is 0. The van der Waals surface area contributed by atoms with Crippen LogP contribution in [0.25, 0.3) is 5.65 Å². The van der Waals surface area contributed by atoms with E-state index in [-0.39, 0.29) is 12.0 Å². The lowest BCUT2D eigenvalue weighted by Crippen LogP contribution is -2.32. The predicted molar refractivity (Wildman–Crippen MR) is 79.4 cm³/mol. The van der Waals surface area contributed by atoms with Crippen LogP contribution >= 0.6 is 0 Å². The van der Waals surface area contributed by atoms with Gasteiger partial charge in [0.15, 0.2) is 17.3 Å². The van der Waals surface area contributed by atoms with Crippen LogP contribution < -0.4 is 16.6 Å². The summed E-state index contributed by atoms with van der Waals surface area (Å²) in [5.74, 6) is 6.64. The van der Waals surface area contributed by atoms with Crippen molar-refractivity contribution in [1.82, 2.24) is 14.4 Å². The molecule has 0 aliphatic heterocycles. The largest absolute Gasteiger partial charge is 0.396 e. The van der Waals surface area contributed by atoms with Gasteiger partial charge in [-0.1, -0.05) is 13.8 Å². The monoisotopic (exact) mass is 278 g/mol. The average molecular weight is 278 g/mol. The first-order valence-electron chi connectivity index (χ1n) is 6.83. The number of nitrogens with zero attached hydrogens (tertiary/aromatic N) is 3. The molecule has 0 bridgehead atoms. The number of imidazole rings is 1. The molecule has 0 amide bonds. The van der Waals surface area contributed by atoms with E-state index in [1.807, 2.05) is 10.6 Å². The van der Waals surface area contributed by atoms with E-state index in [2.05, 4.69) is 34.6 Å². The average Bonchev–Trinajstić information content (AvgIpc) is 2.97. The normalized spacial score (nSPS) is 11.8. The Morgan fingerprint density at radius 2 is 2.15 bits per heavy atom. The first kappa shape index (κ1) is 14.5. The highest BCUT2D eigenvalue weighted by atomic mass is 16.3. The van der Waals surface area contributed by atoms with E-state index in [1.165, 1.54) is 0 Å². The maximum absolute atomic E-state index is 9.61. The lowest BCUT2D eigenvalue weighted by molar-refractivity contribution is 0.127. The van der Waals surface area contributed by atoms with Crippen molar-refractivity contribution in [3.63, 3.8) is 0 Å². The van der Waals surface area contributed by atoms with Crippen molar-refractivity contribution in [2.45, 2.75) is 26.7 Å². The number of hydrazine groups is 1. The van der Waals surface area contributed by atoms with Gasteiger partial charge in [0, 0.05) is 24.4 Å². The third-order valence-corrected chi connectivity index (χ3v) is 3.99. The number of aromatic nitrogens is 3. The number of aliphatic hydroxyl groups is 1. The molecule has 0 atom stereocenters. The van der Waals surface area contributed by atoms with Gasteiger partial charge in [-0.25, -0.2) is 15.8 Å². The Morgan fingerprint density at radius 1 is 1.40 bits per heavy atom. The van der Waals surface area contributed by atoms with Crippen LogP contribution in [-0.2, 0) is 0 Å². The standard InChI is InChI=1S/C13H22N6O/c1-3-13(4-2,9-20)8-16-11-12-15-5-6-19(12)7-10(17-11)18-14/h5-7,18,20H,3-4,8-9,14H2,1-2H3,(H,16,17). The summed E-state index contributed by atoms with van der Waals surface area (Å²) >= 11 is 0. The minimum Gasteiger partial charge on any atom is -0.396 e. The van der Waals surface area contributed by atoms with Crippen LogP contribution in [0.15, 0.2) is 18.6 Å². The van der Waals surface area contributed by atoms with Crippen LogP contribution in [0, 0.1) is 5.41 Å². The Hall–Kier alpha value is -1.86. The summed E-state index contributed by atoms with van der Waals surface area (Å²) in [5.41, 5.74) is 3.14. The molecule has 2 aromatic rings. The van der Waals surface area contributed by atoms with Crippen molar-refractivity contribution >= 4 is 17.3 Å². The van der Waals surface area contributed by atoms with E-state index in [9.17, 15) is 5.11 Å². The van der Waals surface area contributed by atoms with E-state index in [4.69, 9.17) is 5.84 Å². The van der Waals surface area contributed by atoms with Crippen LogP contribution in [0.2, 0.25) is 0 Å². The molecule has 0 unspecified atom stereocenters. The van der Waals surface area contributed by atoms with Crippen molar-refractivity contribution in [3.8, 4) is 0 Å². The highest BCUT2D eigenvalue weighted by Gasteiger charge is 2.25. The summed E-state index contributed by atoms with van der Waals surface area (Å²) < 4.78 is 1.85. The fourth-order valence-electron chi connectivity index (χ4n) is 2.17. The number of hydrogen-bond donors (Lipinski definition) is 4. The molecule has 0 spiro atoms. The molecule has 0 aliphatic rings. The molecule has 0 aromatic carbocycles. The fourth-order valence-corrected chi connectivity index (χ4v) is 2.17. The summed E-state index contributed by atoms with van der Waals surface area (Å²) in [4.78, 5) is 8.66. The second-order valence-corrected chi connectivity index (χ2v) is 5.00. The summed E-state index contributed by atoms with van der Waals surface area (Å²) in [7, 11) is 0. The number of hydrogen-bond acceptors (Lipinski definition) is 6. The number of nitrogens with one attached hydrogen (secondary N) is 2. The molecule has 2 aromatic heterocycles. The quantitative estimate of drug-likeness (QED) is 0.449. The van der Waals surface area contributed by atoms with Gasteiger partial charge < -0.3 is 20.2 Å². The number of anilines is 2. The number of nitrogens with two attached hydrogens (primary N) is 1. The highest BCUT2D eigenvalue weighted by Crippen LogP contribution is 2.26. The van der Waals surface area contributed by atoms with Gasteiger partial charge in [0.25, 0.3) is 0 Å². The van der Waals surface area contributed by atoms with Crippen molar-refractivity contribution in [2.75, 3.05) is 23.9 Å². The summed E-state index contributed by atoms with van der Waals surface area (Å²) in [5, 5.41) is 12.9. The molecular formula is C13H22N6O. The summed E-state index contributed by atoms with van der Waals surface area (Å²) in [6.07, 6.45) is 7.11. The van der Waals surface area contributed by atoms with Gasteiger partial charge in [-0.05, 0) is 12.8 Å². The molecule has 0 saturated heterocycles. The van der Waals surface area contributed by atoms with E-state index < -0.39 is 0 Å². The number of fused-ring (bicyclic) bond motifs is 1. The third-order valence-electron chi connectivity index (χ3n) is 3.99. The van der Waals surface area contributed by atoms with Crippen LogP contribution in [0.1, 0.15) is 26.7 Å². The summed E-state index contributed by atoms with van der Waals surface area (Å²) in [6.45, 7) is 4.95. The molecule has 7 heteroatoms. The molecule has 20 heavy (non-hydrogen) atoms. The third kappa shape index (κ3) is 2.68. The zero-order chi connectivity index (χ0) is 14.6. The maximum atomic E-state index is 9.61. The van der Waals surface area contributed by atoms with Crippen LogP contribution in [0.5, 0.6) is 0 Å². The van der Waals surface area contributed by atoms with Crippen LogP contribution in [-0.4, -0.2) is 32.6 Å². The van der Waals surface area contributed by atoms with Crippen LogP contribution in [0.3, 0.4) is 0 Å². The minimum absolute atomic E-state index is 0.141. The highest BCUT2D eigenvalue weighted by molar-refractivity contribution is 5.65. The van der Waals surface area contributed by atoms with Gasteiger partial charge in [-0.15, -0.1) is 0 Å². The second-order valence-electron chi connectivity index (χ2n) is 5.00. The number of nitrogen functional groups attached to an aromatic ring is 1. The number of aliphatic hydroxyl groups excluding tert-OH is 1. The maximum Gasteiger partial charge on any atom is 0.180 e. The Balaban J connectivity index is 2.26. The lowest BCUT2D eigenvalue weighted by Gasteiger charge is -2.29.